The zero-order chi connectivity index (χ0) is 10.4. The first-order valence-corrected chi connectivity index (χ1v) is 5.84. The van der Waals surface area contributed by atoms with Gasteiger partial charge in [-0.15, -0.1) is 0 Å². The van der Waals surface area contributed by atoms with Gasteiger partial charge < -0.3 is 4.98 Å². The van der Waals surface area contributed by atoms with Gasteiger partial charge in [-0.25, -0.2) is 0 Å². The van der Waals surface area contributed by atoms with Gasteiger partial charge in [0.15, 0.2) is 0 Å². The molecule has 1 aromatic carbocycles. The van der Waals surface area contributed by atoms with E-state index < -0.39 is 0 Å². The number of H-pyrrole nitrogens is 1. The van der Waals surface area contributed by atoms with Gasteiger partial charge in [0.25, 0.3) is 0 Å². The van der Waals surface area contributed by atoms with E-state index in [2.05, 4.69) is 37.0 Å². The van der Waals surface area contributed by atoms with Crippen LogP contribution in [0.1, 0.15) is 30.2 Å². The smallest absolute Gasteiger partial charge is 0.0459 e. The van der Waals surface area contributed by atoms with Crippen LogP contribution in [0.3, 0.4) is 0 Å². The van der Waals surface area contributed by atoms with Crippen molar-refractivity contribution in [1.29, 1.82) is 0 Å². The van der Waals surface area contributed by atoms with Crippen molar-refractivity contribution in [3.05, 3.63) is 35.0 Å². The van der Waals surface area contributed by atoms with Crippen molar-refractivity contribution in [2.24, 2.45) is 5.92 Å². The Hall–Kier alpha value is -1.24. The number of benzene rings is 1. The molecule has 0 radical (unpaired) electrons. The summed E-state index contributed by atoms with van der Waals surface area (Å²) >= 11 is 0. The molecule has 1 aliphatic rings. The molecule has 0 spiro atoms. The highest BCUT2D eigenvalue weighted by Crippen LogP contribution is 2.31. The van der Waals surface area contributed by atoms with E-state index in [1.807, 2.05) is 0 Å². The summed E-state index contributed by atoms with van der Waals surface area (Å²) in [6.45, 7) is 4.52. The molecule has 1 nitrogen and oxygen atoms in total. The molecule has 1 aromatic heterocycles. The van der Waals surface area contributed by atoms with E-state index in [9.17, 15) is 0 Å². The summed E-state index contributed by atoms with van der Waals surface area (Å²) in [5, 5.41) is 1.46. The van der Waals surface area contributed by atoms with Crippen LogP contribution in [-0.2, 0) is 12.8 Å². The number of hydrogen-bond donors (Lipinski definition) is 1. The quantitative estimate of drug-likeness (QED) is 0.667. The molecule has 0 saturated heterocycles. The maximum Gasteiger partial charge on any atom is 0.0459 e. The molecule has 78 valence electrons. The molecule has 1 N–H and O–H groups in total. The molecule has 3 rings (SSSR count). The minimum atomic E-state index is 0.839. The number of aromatic amines is 1. The lowest BCUT2D eigenvalue weighted by Gasteiger charge is -2.17. The summed E-state index contributed by atoms with van der Waals surface area (Å²) in [6.07, 6.45) is 3.82. The number of nitrogens with one attached hydrogen (secondary N) is 1. The lowest BCUT2D eigenvalue weighted by Crippen LogP contribution is -2.10. The zero-order valence-corrected chi connectivity index (χ0v) is 9.43. The molecule has 0 amide bonds. The Balaban J connectivity index is 2.24. The molecule has 15 heavy (non-hydrogen) atoms. The van der Waals surface area contributed by atoms with Gasteiger partial charge in [0, 0.05) is 16.6 Å². The molecule has 0 bridgehead atoms. The Kier molecular flexibility index (Phi) is 1.88. The summed E-state index contributed by atoms with van der Waals surface area (Å²) in [6, 6.07) is 6.72. The number of aromatic nitrogens is 1. The third-order valence-corrected chi connectivity index (χ3v) is 3.59. The number of aryl methyl sites for hydroxylation is 2. The van der Waals surface area contributed by atoms with Crippen molar-refractivity contribution >= 4 is 10.9 Å². The van der Waals surface area contributed by atoms with Gasteiger partial charge in [-0.3, -0.25) is 0 Å². The van der Waals surface area contributed by atoms with Gasteiger partial charge in [0.05, 0.1) is 0 Å². The highest BCUT2D eigenvalue weighted by Gasteiger charge is 2.19. The first kappa shape index (κ1) is 9.02. The normalized spacial score (nSPS) is 20.5. The highest BCUT2D eigenvalue weighted by molar-refractivity contribution is 5.85. The molecule has 0 fully saturated rings. The minimum absolute atomic E-state index is 0.839. The predicted octanol–water partition coefficient (Wildman–Crippen LogP) is 3.60. The van der Waals surface area contributed by atoms with Crippen LogP contribution in [0.4, 0.5) is 0 Å². The molecule has 1 heteroatoms. The van der Waals surface area contributed by atoms with Crippen LogP contribution in [0.15, 0.2) is 18.2 Å². The second kappa shape index (κ2) is 3.13. The second-order valence-corrected chi connectivity index (χ2v) is 4.98. The number of fused-ring (bicyclic) bond motifs is 3. The Bertz CT molecular complexity index is 507. The Morgan fingerprint density at radius 1 is 1.33 bits per heavy atom. The number of rotatable bonds is 0. The van der Waals surface area contributed by atoms with Crippen LogP contribution in [-0.4, -0.2) is 4.98 Å². The fourth-order valence-corrected chi connectivity index (χ4v) is 2.72. The minimum Gasteiger partial charge on any atom is -0.358 e. The predicted molar refractivity (Wildman–Crippen MR) is 64.2 cm³/mol. The standard InChI is InChI=1S/C14H17N/c1-9-4-6-13-12(7-9)11-5-3-10(2)8-14(11)15-13/h4,6-7,10,15H,3,5,8H2,1-2H3. The van der Waals surface area contributed by atoms with E-state index >= 15 is 0 Å². The van der Waals surface area contributed by atoms with Gasteiger partial charge in [-0.2, -0.15) is 0 Å². The third-order valence-electron chi connectivity index (χ3n) is 3.59. The third kappa shape index (κ3) is 1.38. The lowest BCUT2D eigenvalue weighted by molar-refractivity contribution is 0.497. The monoisotopic (exact) mass is 199 g/mol. The largest absolute Gasteiger partial charge is 0.358 e. The van der Waals surface area contributed by atoms with Crippen molar-refractivity contribution in [2.75, 3.05) is 0 Å². The maximum absolute atomic E-state index is 3.57. The summed E-state index contributed by atoms with van der Waals surface area (Å²) in [5.41, 5.74) is 5.74. The molecule has 0 aliphatic heterocycles. The van der Waals surface area contributed by atoms with Crippen LogP contribution < -0.4 is 0 Å². The molecular formula is C14H17N. The number of hydrogen-bond acceptors (Lipinski definition) is 0. The van der Waals surface area contributed by atoms with Crippen molar-refractivity contribution < 1.29 is 0 Å². The van der Waals surface area contributed by atoms with Crippen molar-refractivity contribution in [3.63, 3.8) is 0 Å². The first-order chi connectivity index (χ1) is 7.24. The fourth-order valence-electron chi connectivity index (χ4n) is 2.72. The lowest BCUT2D eigenvalue weighted by atomic mass is 9.88. The first-order valence-electron chi connectivity index (χ1n) is 5.84. The highest BCUT2D eigenvalue weighted by atomic mass is 14.7. The van der Waals surface area contributed by atoms with Crippen molar-refractivity contribution in [3.8, 4) is 0 Å². The topological polar surface area (TPSA) is 15.8 Å². The van der Waals surface area contributed by atoms with Gasteiger partial charge in [-0.05, 0) is 49.8 Å². The fraction of sp³-hybridized carbons (Fsp3) is 0.429. The average molecular weight is 199 g/mol. The Morgan fingerprint density at radius 3 is 3.07 bits per heavy atom. The molecule has 2 aromatic rings. The van der Waals surface area contributed by atoms with Crippen LogP contribution in [0, 0.1) is 12.8 Å². The van der Waals surface area contributed by atoms with Crippen LogP contribution in [0.2, 0.25) is 0 Å². The van der Waals surface area contributed by atoms with Crippen molar-refractivity contribution in [2.45, 2.75) is 33.1 Å². The van der Waals surface area contributed by atoms with E-state index in [4.69, 9.17) is 0 Å². The van der Waals surface area contributed by atoms with E-state index in [1.165, 1.54) is 41.4 Å². The zero-order valence-electron chi connectivity index (χ0n) is 9.43. The van der Waals surface area contributed by atoms with Gasteiger partial charge in [-0.1, -0.05) is 18.6 Å². The van der Waals surface area contributed by atoms with Crippen molar-refractivity contribution in [1.82, 2.24) is 4.98 Å². The van der Waals surface area contributed by atoms with E-state index in [0.29, 0.717) is 0 Å². The molecule has 1 heterocycles. The van der Waals surface area contributed by atoms with Crippen LogP contribution in [0.25, 0.3) is 10.9 Å². The van der Waals surface area contributed by atoms with Crippen LogP contribution in [0.5, 0.6) is 0 Å². The average Bonchev–Trinajstić information content (AvgIpc) is 2.54. The molecule has 1 unspecified atom stereocenters. The SMILES string of the molecule is Cc1ccc2[nH]c3c(c2c1)CCC(C)C3. The Labute approximate surface area is 90.5 Å². The maximum atomic E-state index is 3.57. The van der Waals surface area contributed by atoms with E-state index in [-0.39, 0.29) is 0 Å². The molecule has 1 aliphatic carbocycles. The van der Waals surface area contributed by atoms with E-state index in [1.54, 1.807) is 5.56 Å². The summed E-state index contributed by atoms with van der Waals surface area (Å²) < 4.78 is 0. The van der Waals surface area contributed by atoms with E-state index in [0.717, 1.165) is 5.92 Å². The molecule has 1 atom stereocenters. The van der Waals surface area contributed by atoms with Gasteiger partial charge >= 0.3 is 0 Å². The summed E-state index contributed by atoms with van der Waals surface area (Å²) in [5.74, 6) is 0.839. The summed E-state index contributed by atoms with van der Waals surface area (Å²) in [4.78, 5) is 3.57. The molecule has 0 saturated carbocycles. The van der Waals surface area contributed by atoms with Gasteiger partial charge in [0.2, 0.25) is 0 Å². The summed E-state index contributed by atoms with van der Waals surface area (Å²) in [7, 11) is 0. The Morgan fingerprint density at radius 2 is 2.20 bits per heavy atom. The second-order valence-electron chi connectivity index (χ2n) is 4.98. The molecular weight excluding hydrogens is 182 g/mol. The van der Waals surface area contributed by atoms with Crippen LogP contribution >= 0.6 is 0 Å². The van der Waals surface area contributed by atoms with Gasteiger partial charge in [0.1, 0.15) is 0 Å².